The molecule has 1 aromatic rings. The molecule has 0 saturated heterocycles. The largest absolute Gasteiger partial charge is 0.492 e. The number of ether oxygens (including phenoxy) is 1. The molecule has 0 fully saturated rings. The molecule has 0 aliphatic carbocycles. The van der Waals surface area contributed by atoms with Crippen molar-refractivity contribution in [2.24, 2.45) is 0 Å². The first-order valence-corrected chi connectivity index (χ1v) is 12.6. The molecule has 0 radical (unpaired) electrons. The third-order valence-corrected chi connectivity index (χ3v) is 6.03. The Balaban J connectivity index is 2.01. The number of rotatable bonds is 17. The van der Waals surface area contributed by atoms with E-state index >= 15 is 0 Å². The summed E-state index contributed by atoms with van der Waals surface area (Å²) in [7, 11) is -4.25. The highest BCUT2D eigenvalue weighted by Crippen LogP contribution is 2.25. The van der Waals surface area contributed by atoms with Gasteiger partial charge in [-0.05, 0) is 31.0 Å². The molecular weight excluding hydrogens is 372 g/mol. The van der Waals surface area contributed by atoms with Gasteiger partial charge < -0.3 is 4.74 Å². The molecule has 1 rings (SSSR count). The van der Waals surface area contributed by atoms with E-state index in [0.717, 1.165) is 18.4 Å². The first-order valence-electron chi connectivity index (χ1n) is 11.2. The van der Waals surface area contributed by atoms with Gasteiger partial charge in [0.1, 0.15) is 10.6 Å². The fraction of sp³-hybridized carbons (Fsp3) is 0.739. The van der Waals surface area contributed by atoms with Crippen LogP contribution >= 0.6 is 0 Å². The lowest BCUT2D eigenvalue weighted by atomic mass is 10.0. The van der Waals surface area contributed by atoms with Gasteiger partial charge in [0, 0.05) is 0 Å². The Labute approximate surface area is 172 Å². The third-order valence-electron chi connectivity index (χ3n) is 5.13. The highest BCUT2D eigenvalue weighted by atomic mass is 32.2. The van der Waals surface area contributed by atoms with Crippen LogP contribution in [-0.2, 0) is 10.1 Å². The van der Waals surface area contributed by atoms with E-state index in [1.165, 1.54) is 83.1 Å². The van der Waals surface area contributed by atoms with Crippen molar-refractivity contribution in [3.05, 3.63) is 23.8 Å². The minimum Gasteiger partial charge on any atom is -0.492 e. The SMILES string of the molecule is CCCCCCCCCCCCCCCCOc1cc(C)ccc1S(=O)(=O)O. The summed E-state index contributed by atoms with van der Waals surface area (Å²) in [5, 5.41) is 0. The Kier molecular flexibility index (Phi) is 13.3. The summed E-state index contributed by atoms with van der Waals surface area (Å²) in [6.07, 6.45) is 18.2. The zero-order valence-corrected chi connectivity index (χ0v) is 18.7. The molecule has 1 N–H and O–H groups in total. The first-order chi connectivity index (χ1) is 13.4. The van der Waals surface area contributed by atoms with Gasteiger partial charge in [0.25, 0.3) is 10.1 Å². The quantitative estimate of drug-likeness (QED) is 0.219. The fourth-order valence-corrected chi connectivity index (χ4v) is 4.03. The summed E-state index contributed by atoms with van der Waals surface area (Å²) >= 11 is 0. The summed E-state index contributed by atoms with van der Waals surface area (Å²) in [5.41, 5.74) is 0.906. The van der Waals surface area contributed by atoms with Crippen molar-refractivity contribution < 1.29 is 17.7 Å². The van der Waals surface area contributed by atoms with Crippen LogP contribution in [0.15, 0.2) is 23.1 Å². The Bertz CT molecular complexity index is 625. The topological polar surface area (TPSA) is 63.6 Å². The molecule has 0 unspecified atom stereocenters. The van der Waals surface area contributed by atoms with E-state index in [2.05, 4.69) is 6.92 Å². The van der Waals surface area contributed by atoms with Gasteiger partial charge in [-0.2, -0.15) is 8.42 Å². The number of hydrogen-bond donors (Lipinski definition) is 1. The smallest absolute Gasteiger partial charge is 0.298 e. The van der Waals surface area contributed by atoms with Gasteiger partial charge in [-0.3, -0.25) is 4.55 Å². The predicted molar refractivity (Wildman–Crippen MR) is 117 cm³/mol. The van der Waals surface area contributed by atoms with Gasteiger partial charge in [-0.1, -0.05) is 96.5 Å². The van der Waals surface area contributed by atoms with Crippen molar-refractivity contribution in [1.82, 2.24) is 0 Å². The maximum absolute atomic E-state index is 11.4. The lowest BCUT2D eigenvalue weighted by Crippen LogP contribution is -2.05. The number of aryl methyl sites for hydroxylation is 1. The summed E-state index contributed by atoms with van der Waals surface area (Å²) in [6.45, 7) is 4.61. The molecule has 0 aliphatic rings. The Morgan fingerprint density at radius 2 is 1.25 bits per heavy atom. The maximum Gasteiger partial charge on any atom is 0.298 e. The molecule has 0 spiro atoms. The minimum absolute atomic E-state index is 0.150. The van der Waals surface area contributed by atoms with Crippen molar-refractivity contribution in [2.45, 2.75) is 109 Å². The second-order valence-corrected chi connectivity index (χ2v) is 9.26. The van der Waals surface area contributed by atoms with E-state index < -0.39 is 10.1 Å². The van der Waals surface area contributed by atoms with Crippen molar-refractivity contribution in [1.29, 1.82) is 0 Å². The predicted octanol–water partition coefficient (Wildman–Crippen LogP) is 7.10. The van der Waals surface area contributed by atoms with E-state index in [4.69, 9.17) is 4.74 Å². The van der Waals surface area contributed by atoms with E-state index in [0.29, 0.717) is 6.61 Å². The van der Waals surface area contributed by atoms with Gasteiger partial charge in [0.05, 0.1) is 6.61 Å². The van der Waals surface area contributed by atoms with Crippen molar-refractivity contribution in [3.8, 4) is 5.75 Å². The monoisotopic (exact) mass is 412 g/mol. The van der Waals surface area contributed by atoms with Gasteiger partial charge >= 0.3 is 0 Å². The number of benzene rings is 1. The van der Waals surface area contributed by atoms with Crippen LogP contribution in [0.2, 0.25) is 0 Å². The minimum atomic E-state index is -4.25. The molecule has 28 heavy (non-hydrogen) atoms. The summed E-state index contributed by atoms with van der Waals surface area (Å²) < 4.78 is 37.7. The number of unbranched alkanes of at least 4 members (excludes halogenated alkanes) is 13. The lowest BCUT2D eigenvalue weighted by Gasteiger charge is -2.10. The zero-order valence-electron chi connectivity index (χ0n) is 17.9. The summed E-state index contributed by atoms with van der Waals surface area (Å²) in [5.74, 6) is 0.247. The second kappa shape index (κ2) is 14.9. The Morgan fingerprint density at radius 1 is 0.786 bits per heavy atom. The van der Waals surface area contributed by atoms with Crippen LogP contribution in [0.3, 0.4) is 0 Å². The van der Waals surface area contributed by atoms with Crippen LogP contribution in [0, 0.1) is 6.92 Å². The molecule has 0 bridgehead atoms. The van der Waals surface area contributed by atoms with E-state index in [1.54, 1.807) is 12.1 Å². The molecule has 0 amide bonds. The van der Waals surface area contributed by atoms with Crippen molar-refractivity contribution in [2.75, 3.05) is 6.61 Å². The van der Waals surface area contributed by atoms with Crippen LogP contribution in [-0.4, -0.2) is 19.6 Å². The van der Waals surface area contributed by atoms with Crippen LogP contribution in [0.5, 0.6) is 5.75 Å². The molecular formula is C23H40O4S. The summed E-state index contributed by atoms with van der Waals surface area (Å²) in [4.78, 5) is -0.150. The maximum atomic E-state index is 11.4. The average molecular weight is 413 g/mol. The van der Waals surface area contributed by atoms with Crippen molar-refractivity contribution >= 4 is 10.1 Å². The highest BCUT2D eigenvalue weighted by Gasteiger charge is 2.16. The number of hydrogen-bond acceptors (Lipinski definition) is 3. The van der Waals surface area contributed by atoms with E-state index in [9.17, 15) is 13.0 Å². The van der Waals surface area contributed by atoms with Gasteiger partial charge in [0.15, 0.2) is 0 Å². The molecule has 0 heterocycles. The molecule has 5 heteroatoms. The molecule has 0 aromatic heterocycles. The molecule has 4 nitrogen and oxygen atoms in total. The zero-order chi connectivity index (χ0) is 20.7. The van der Waals surface area contributed by atoms with Crippen LogP contribution < -0.4 is 4.74 Å². The van der Waals surface area contributed by atoms with Crippen LogP contribution in [0.1, 0.15) is 102 Å². The standard InChI is InChI=1S/C23H40O4S/c1-3-4-5-6-7-8-9-10-11-12-13-14-15-16-19-27-22-20-21(2)17-18-23(22)28(24,25)26/h17-18,20H,3-16,19H2,1-2H3,(H,24,25,26). The molecule has 0 saturated carbocycles. The van der Waals surface area contributed by atoms with E-state index in [-0.39, 0.29) is 10.6 Å². The highest BCUT2D eigenvalue weighted by molar-refractivity contribution is 7.86. The normalized spacial score (nSPS) is 11.7. The van der Waals surface area contributed by atoms with Gasteiger partial charge in [0.2, 0.25) is 0 Å². The van der Waals surface area contributed by atoms with E-state index in [1.807, 2.05) is 6.92 Å². The van der Waals surface area contributed by atoms with Gasteiger partial charge in [-0.15, -0.1) is 0 Å². The molecule has 0 aliphatic heterocycles. The second-order valence-electron chi connectivity index (χ2n) is 7.87. The average Bonchev–Trinajstić information content (AvgIpc) is 2.64. The third kappa shape index (κ3) is 11.7. The Morgan fingerprint density at radius 3 is 1.71 bits per heavy atom. The summed E-state index contributed by atoms with van der Waals surface area (Å²) in [6, 6.07) is 4.71. The van der Waals surface area contributed by atoms with Crippen LogP contribution in [0.25, 0.3) is 0 Å². The van der Waals surface area contributed by atoms with Crippen LogP contribution in [0.4, 0.5) is 0 Å². The molecule has 0 atom stereocenters. The Hall–Kier alpha value is -1.07. The van der Waals surface area contributed by atoms with Crippen molar-refractivity contribution in [3.63, 3.8) is 0 Å². The van der Waals surface area contributed by atoms with Gasteiger partial charge in [-0.25, -0.2) is 0 Å². The fourth-order valence-electron chi connectivity index (χ4n) is 3.42. The molecule has 1 aromatic carbocycles. The lowest BCUT2D eigenvalue weighted by molar-refractivity contribution is 0.295. The molecule has 162 valence electrons. The first kappa shape index (κ1) is 25.0.